The van der Waals surface area contributed by atoms with Crippen LogP contribution in [0.2, 0.25) is 0 Å². The lowest BCUT2D eigenvalue weighted by Crippen LogP contribution is -2.28. The molecule has 10 heteroatoms. The summed E-state index contributed by atoms with van der Waals surface area (Å²) in [6.45, 7) is 0. The number of benzene rings is 2. The van der Waals surface area contributed by atoms with E-state index in [1.165, 1.54) is 30.5 Å². The highest BCUT2D eigenvalue weighted by Crippen LogP contribution is 2.34. The van der Waals surface area contributed by atoms with Crippen LogP contribution in [-0.4, -0.2) is 23.9 Å². The van der Waals surface area contributed by atoms with Crippen molar-refractivity contribution in [3.63, 3.8) is 0 Å². The summed E-state index contributed by atoms with van der Waals surface area (Å²) in [7, 11) is -5.88. The van der Waals surface area contributed by atoms with Crippen LogP contribution in [0.25, 0.3) is 22.0 Å². The van der Waals surface area contributed by atoms with Gasteiger partial charge in [-0.3, -0.25) is 0 Å². The monoisotopic (exact) mass is 372 g/mol. The fourth-order valence-corrected chi connectivity index (χ4v) is 2.59. The fraction of sp³-hybridized carbons (Fsp3) is 0.0667. The molecule has 1 heterocycles. The highest BCUT2D eigenvalue weighted by molar-refractivity contribution is 7.88. The summed E-state index contributed by atoms with van der Waals surface area (Å²) >= 11 is 0. The summed E-state index contributed by atoms with van der Waals surface area (Å²) in [4.78, 5) is 7.50. The summed E-state index contributed by atoms with van der Waals surface area (Å²) in [6.07, 6.45) is 2.31. The predicted molar refractivity (Wildman–Crippen MR) is 80.5 cm³/mol. The molecule has 0 saturated carbocycles. The van der Waals surface area contributed by atoms with Crippen LogP contribution in [0.3, 0.4) is 0 Å². The summed E-state index contributed by atoms with van der Waals surface area (Å²) in [6, 6.07) is 7.79. The molecule has 0 unspecified atom stereocenters. The van der Waals surface area contributed by atoms with Crippen molar-refractivity contribution < 1.29 is 30.2 Å². The minimum atomic E-state index is -5.88. The molecule has 3 aromatic rings. The maximum absolute atomic E-state index is 13.4. The molecular formula is C15H8F4N2O3S. The van der Waals surface area contributed by atoms with Crippen LogP contribution >= 0.6 is 0 Å². The third-order valence-electron chi connectivity index (χ3n) is 3.21. The Bertz CT molecular complexity index is 1050. The van der Waals surface area contributed by atoms with Crippen LogP contribution in [-0.2, 0) is 10.1 Å². The van der Waals surface area contributed by atoms with E-state index in [-0.39, 0.29) is 16.5 Å². The van der Waals surface area contributed by atoms with E-state index >= 15 is 0 Å². The zero-order valence-corrected chi connectivity index (χ0v) is 13.0. The van der Waals surface area contributed by atoms with Gasteiger partial charge in [0.25, 0.3) is 0 Å². The van der Waals surface area contributed by atoms with Gasteiger partial charge in [0.1, 0.15) is 17.7 Å². The smallest absolute Gasteiger partial charge is 0.374 e. The van der Waals surface area contributed by atoms with E-state index in [4.69, 9.17) is 0 Å². The van der Waals surface area contributed by atoms with E-state index in [0.29, 0.717) is 5.56 Å². The van der Waals surface area contributed by atoms with Crippen molar-refractivity contribution in [1.82, 2.24) is 9.97 Å². The minimum Gasteiger partial charge on any atom is -0.374 e. The summed E-state index contributed by atoms with van der Waals surface area (Å²) in [5.74, 6) is -1.19. The highest BCUT2D eigenvalue weighted by atomic mass is 32.2. The van der Waals surface area contributed by atoms with Gasteiger partial charge in [-0.05, 0) is 35.4 Å². The van der Waals surface area contributed by atoms with Gasteiger partial charge in [-0.1, -0.05) is 12.1 Å². The van der Waals surface area contributed by atoms with Crippen LogP contribution in [0.15, 0.2) is 48.9 Å². The first-order chi connectivity index (χ1) is 11.7. The van der Waals surface area contributed by atoms with Gasteiger partial charge in [0.05, 0.1) is 0 Å². The number of nitrogens with zero attached hydrogens (tertiary/aromatic N) is 2. The lowest BCUT2D eigenvalue weighted by atomic mass is 10.0. The zero-order chi connectivity index (χ0) is 18.2. The van der Waals surface area contributed by atoms with Crippen LogP contribution in [0.4, 0.5) is 17.6 Å². The van der Waals surface area contributed by atoms with Gasteiger partial charge in [-0.2, -0.15) is 21.6 Å². The van der Waals surface area contributed by atoms with E-state index < -0.39 is 27.2 Å². The molecule has 0 aliphatic heterocycles. The van der Waals surface area contributed by atoms with Crippen molar-refractivity contribution in [3.8, 4) is 16.9 Å². The number of hydrogen-bond acceptors (Lipinski definition) is 5. The van der Waals surface area contributed by atoms with E-state index in [1.54, 1.807) is 0 Å². The molecule has 0 aliphatic carbocycles. The first-order valence-electron chi connectivity index (χ1n) is 6.68. The lowest BCUT2D eigenvalue weighted by Gasteiger charge is -2.12. The average Bonchev–Trinajstić information content (AvgIpc) is 2.53. The predicted octanol–water partition coefficient (Wildman–Crippen LogP) is 3.66. The molecule has 25 heavy (non-hydrogen) atoms. The molecule has 0 N–H and O–H groups in total. The van der Waals surface area contributed by atoms with Crippen molar-refractivity contribution in [2.75, 3.05) is 0 Å². The molecule has 3 rings (SSSR count). The second-order valence-electron chi connectivity index (χ2n) is 4.93. The van der Waals surface area contributed by atoms with Crippen LogP contribution < -0.4 is 4.18 Å². The van der Waals surface area contributed by atoms with E-state index in [2.05, 4.69) is 14.2 Å². The molecule has 0 amide bonds. The second-order valence-corrected chi connectivity index (χ2v) is 6.47. The first-order valence-corrected chi connectivity index (χ1v) is 8.09. The quantitative estimate of drug-likeness (QED) is 0.399. The largest absolute Gasteiger partial charge is 0.534 e. The SMILES string of the molecule is O=S(=O)(Oc1cc(-c2cccc(F)c2)cc2cncnc12)C(F)(F)F. The third kappa shape index (κ3) is 3.38. The molecule has 0 bridgehead atoms. The van der Waals surface area contributed by atoms with E-state index in [1.807, 2.05) is 0 Å². The molecule has 0 radical (unpaired) electrons. The Morgan fingerprint density at radius 3 is 2.48 bits per heavy atom. The molecule has 0 saturated heterocycles. The van der Waals surface area contributed by atoms with Crippen LogP contribution in [0.1, 0.15) is 0 Å². The van der Waals surface area contributed by atoms with Crippen molar-refractivity contribution >= 4 is 21.0 Å². The first kappa shape index (κ1) is 17.1. The van der Waals surface area contributed by atoms with Crippen molar-refractivity contribution in [3.05, 3.63) is 54.7 Å². The number of halogens is 4. The zero-order valence-electron chi connectivity index (χ0n) is 12.2. The molecule has 0 fully saturated rings. The van der Waals surface area contributed by atoms with Crippen LogP contribution in [0.5, 0.6) is 5.75 Å². The van der Waals surface area contributed by atoms with Crippen molar-refractivity contribution in [1.29, 1.82) is 0 Å². The normalized spacial score (nSPS) is 12.3. The van der Waals surface area contributed by atoms with E-state index in [9.17, 15) is 26.0 Å². The van der Waals surface area contributed by atoms with Gasteiger partial charge in [-0.15, -0.1) is 0 Å². The summed E-state index contributed by atoms with van der Waals surface area (Å²) in [5, 5.41) is 0.233. The van der Waals surface area contributed by atoms with Gasteiger partial charge in [0, 0.05) is 11.6 Å². The Hall–Kier alpha value is -2.75. The number of alkyl halides is 3. The fourth-order valence-electron chi connectivity index (χ4n) is 2.13. The Morgan fingerprint density at radius 2 is 1.80 bits per heavy atom. The lowest BCUT2D eigenvalue weighted by molar-refractivity contribution is -0.0499. The average molecular weight is 372 g/mol. The Labute approximate surface area is 139 Å². The summed E-state index contributed by atoms with van der Waals surface area (Å²) < 4.78 is 78.1. The number of fused-ring (bicyclic) bond motifs is 1. The Balaban J connectivity index is 2.20. The van der Waals surface area contributed by atoms with Gasteiger partial charge in [-0.25, -0.2) is 14.4 Å². The molecule has 1 aromatic heterocycles. The second kappa shape index (κ2) is 5.96. The molecular weight excluding hydrogens is 364 g/mol. The highest BCUT2D eigenvalue weighted by Gasteiger charge is 2.48. The number of rotatable bonds is 3. The third-order valence-corrected chi connectivity index (χ3v) is 4.18. The topological polar surface area (TPSA) is 69.2 Å². The Kier molecular flexibility index (Phi) is 4.07. The standard InChI is InChI=1S/C15H8F4N2O3S/c16-12-3-1-2-9(5-12)10-4-11-7-20-8-21-14(11)13(6-10)24-25(22,23)15(17,18)19/h1-8H. The molecule has 5 nitrogen and oxygen atoms in total. The summed E-state index contributed by atoms with van der Waals surface area (Å²) in [5.41, 5.74) is -5.15. The minimum absolute atomic E-state index is 0.122. The van der Waals surface area contributed by atoms with Crippen LogP contribution in [0, 0.1) is 5.82 Å². The van der Waals surface area contributed by atoms with E-state index in [0.717, 1.165) is 18.5 Å². The maximum atomic E-state index is 13.4. The molecule has 0 atom stereocenters. The maximum Gasteiger partial charge on any atom is 0.534 e. The van der Waals surface area contributed by atoms with Crippen molar-refractivity contribution in [2.45, 2.75) is 5.51 Å². The number of hydrogen-bond donors (Lipinski definition) is 0. The Morgan fingerprint density at radius 1 is 1.04 bits per heavy atom. The molecule has 130 valence electrons. The molecule has 0 spiro atoms. The van der Waals surface area contributed by atoms with Gasteiger partial charge < -0.3 is 4.18 Å². The van der Waals surface area contributed by atoms with Gasteiger partial charge >= 0.3 is 15.6 Å². The van der Waals surface area contributed by atoms with Gasteiger partial charge in [0.15, 0.2) is 5.75 Å². The van der Waals surface area contributed by atoms with Crippen molar-refractivity contribution in [2.24, 2.45) is 0 Å². The van der Waals surface area contributed by atoms with Gasteiger partial charge in [0.2, 0.25) is 0 Å². The molecule has 2 aromatic carbocycles. The number of aromatic nitrogens is 2. The molecule has 0 aliphatic rings.